The molecule has 1 aromatic carbocycles. The van der Waals surface area contributed by atoms with Crippen molar-refractivity contribution >= 4 is 22.8 Å². The first kappa shape index (κ1) is 13.1. The number of fused-ring (bicyclic) bond motifs is 1. The zero-order chi connectivity index (χ0) is 14.0. The van der Waals surface area contributed by atoms with Crippen LogP contribution in [0, 0.1) is 0 Å². The second-order valence-corrected chi connectivity index (χ2v) is 4.56. The standard InChI is InChI=1S/C14H15NO4/c1-9(2)19-13(16)8-15-6-5-10-3-4-11(14(17)18)7-12(10)15/h3-7,9H,8H2,1-2H3,(H,17,18). The van der Waals surface area contributed by atoms with Crippen LogP contribution < -0.4 is 0 Å². The fourth-order valence-corrected chi connectivity index (χ4v) is 1.89. The highest BCUT2D eigenvalue weighted by Gasteiger charge is 2.11. The Kier molecular flexibility index (Phi) is 3.55. The van der Waals surface area contributed by atoms with Crippen LogP contribution in [0.2, 0.25) is 0 Å². The van der Waals surface area contributed by atoms with E-state index in [9.17, 15) is 9.59 Å². The molecule has 0 aliphatic rings. The SMILES string of the molecule is CC(C)OC(=O)Cn1ccc2ccc(C(=O)O)cc21. The third-order valence-corrected chi connectivity index (χ3v) is 2.69. The summed E-state index contributed by atoms with van der Waals surface area (Å²) in [6.07, 6.45) is 1.58. The average Bonchev–Trinajstić information content (AvgIpc) is 2.70. The molecule has 0 aliphatic carbocycles. The molecule has 0 saturated heterocycles. The lowest BCUT2D eigenvalue weighted by Crippen LogP contribution is -2.17. The fraction of sp³-hybridized carbons (Fsp3) is 0.286. The Morgan fingerprint density at radius 3 is 2.68 bits per heavy atom. The quantitative estimate of drug-likeness (QED) is 0.857. The largest absolute Gasteiger partial charge is 0.478 e. The van der Waals surface area contributed by atoms with Crippen LogP contribution in [0.4, 0.5) is 0 Å². The number of hydrogen-bond acceptors (Lipinski definition) is 3. The molecule has 0 bridgehead atoms. The van der Waals surface area contributed by atoms with Crippen molar-refractivity contribution in [3.8, 4) is 0 Å². The number of carbonyl (C=O) groups is 2. The molecule has 0 unspecified atom stereocenters. The van der Waals surface area contributed by atoms with Gasteiger partial charge in [-0.1, -0.05) is 6.07 Å². The lowest BCUT2D eigenvalue weighted by molar-refractivity contribution is -0.148. The predicted molar refractivity (Wildman–Crippen MR) is 70.1 cm³/mol. The molecule has 2 rings (SSSR count). The van der Waals surface area contributed by atoms with E-state index in [1.54, 1.807) is 42.8 Å². The first-order chi connectivity index (χ1) is 8.97. The van der Waals surface area contributed by atoms with Gasteiger partial charge in [0.1, 0.15) is 6.54 Å². The van der Waals surface area contributed by atoms with Crippen molar-refractivity contribution in [1.82, 2.24) is 4.57 Å². The highest BCUT2D eigenvalue weighted by molar-refractivity contribution is 5.93. The Bertz CT molecular complexity index is 627. The Morgan fingerprint density at radius 2 is 2.05 bits per heavy atom. The van der Waals surface area contributed by atoms with Gasteiger partial charge < -0.3 is 14.4 Å². The van der Waals surface area contributed by atoms with Gasteiger partial charge in [-0.2, -0.15) is 0 Å². The van der Waals surface area contributed by atoms with E-state index in [-0.39, 0.29) is 24.2 Å². The van der Waals surface area contributed by atoms with E-state index < -0.39 is 5.97 Å². The molecule has 5 nitrogen and oxygen atoms in total. The predicted octanol–water partition coefficient (Wildman–Crippen LogP) is 2.29. The number of aromatic carboxylic acids is 1. The van der Waals surface area contributed by atoms with Crippen LogP contribution in [0.3, 0.4) is 0 Å². The minimum absolute atomic E-state index is 0.0742. The Labute approximate surface area is 110 Å². The Morgan fingerprint density at radius 1 is 1.32 bits per heavy atom. The second-order valence-electron chi connectivity index (χ2n) is 4.56. The molecule has 5 heteroatoms. The van der Waals surface area contributed by atoms with Crippen LogP contribution in [0.1, 0.15) is 24.2 Å². The number of nitrogens with zero attached hydrogens (tertiary/aromatic N) is 1. The van der Waals surface area contributed by atoms with E-state index >= 15 is 0 Å². The summed E-state index contributed by atoms with van der Waals surface area (Å²) >= 11 is 0. The van der Waals surface area contributed by atoms with Gasteiger partial charge in [0.15, 0.2) is 0 Å². The summed E-state index contributed by atoms with van der Waals surface area (Å²) in [7, 11) is 0. The van der Waals surface area contributed by atoms with Crippen molar-refractivity contribution in [1.29, 1.82) is 0 Å². The molecule has 1 aromatic heterocycles. The maximum Gasteiger partial charge on any atom is 0.335 e. The van der Waals surface area contributed by atoms with Gasteiger partial charge >= 0.3 is 11.9 Å². The van der Waals surface area contributed by atoms with Crippen molar-refractivity contribution in [2.45, 2.75) is 26.5 Å². The van der Waals surface area contributed by atoms with Crippen LogP contribution in [-0.4, -0.2) is 27.7 Å². The van der Waals surface area contributed by atoms with Gasteiger partial charge in [0.25, 0.3) is 0 Å². The van der Waals surface area contributed by atoms with Crippen molar-refractivity contribution in [3.05, 3.63) is 36.0 Å². The third-order valence-electron chi connectivity index (χ3n) is 2.69. The van der Waals surface area contributed by atoms with Crippen molar-refractivity contribution in [2.75, 3.05) is 0 Å². The highest BCUT2D eigenvalue weighted by Crippen LogP contribution is 2.18. The van der Waals surface area contributed by atoms with Gasteiger partial charge in [-0.15, -0.1) is 0 Å². The van der Waals surface area contributed by atoms with Crippen LogP contribution in [-0.2, 0) is 16.1 Å². The van der Waals surface area contributed by atoms with Crippen LogP contribution >= 0.6 is 0 Å². The molecular formula is C14H15NO4. The molecule has 2 aromatic rings. The zero-order valence-electron chi connectivity index (χ0n) is 10.8. The van der Waals surface area contributed by atoms with E-state index in [1.165, 1.54) is 0 Å². The number of hydrogen-bond donors (Lipinski definition) is 1. The van der Waals surface area contributed by atoms with Crippen molar-refractivity contribution in [3.63, 3.8) is 0 Å². The number of carbonyl (C=O) groups excluding carboxylic acids is 1. The first-order valence-corrected chi connectivity index (χ1v) is 5.99. The van der Waals surface area contributed by atoms with Crippen LogP contribution in [0.25, 0.3) is 10.9 Å². The zero-order valence-corrected chi connectivity index (χ0v) is 10.8. The molecule has 0 spiro atoms. The maximum absolute atomic E-state index is 11.6. The van der Waals surface area contributed by atoms with Gasteiger partial charge in [0.2, 0.25) is 0 Å². The van der Waals surface area contributed by atoms with E-state index in [4.69, 9.17) is 9.84 Å². The molecule has 19 heavy (non-hydrogen) atoms. The number of esters is 1. The first-order valence-electron chi connectivity index (χ1n) is 5.99. The fourth-order valence-electron chi connectivity index (χ4n) is 1.89. The average molecular weight is 261 g/mol. The van der Waals surface area contributed by atoms with E-state index in [0.717, 1.165) is 5.39 Å². The number of benzene rings is 1. The van der Waals surface area contributed by atoms with E-state index in [0.29, 0.717) is 5.52 Å². The molecule has 0 aliphatic heterocycles. The van der Waals surface area contributed by atoms with Crippen LogP contribution in [0.15, 0.2) is 30.5 Å². The summed E-state index contributed by atoms with van der Waals surface area (Å²) in [5.41, 5.74) is 0.908. The van der Waals surface area contributed by atoms with Gasteiger partial charge in [-0.05, 0) is 37.4 Å². The number of aromatic nitrogens is 1. The van der Waals surface area contributed by atoms with Gasteiger partial charge in [0.05, 0.1) is 11.7 Å². The normalized spacial score (nSPS) is 10.9. The number of carboxylic acid groups (broad SMARTS) is 1. The monoisotopic (exact) mass is 261 g/mol. The molecule has 0 atom stereocenters. The molecule has 100 valence electrons. The topological polar surface area (TPSA) is 68.5 Å². The van der Waals surface area contributed by atoms with Crippen molar-refractivity contribution in [2.24, 2.45) is 0 Å². The number of carboxylic acids is 1. The number of rotatable bonds is 4. The highest BCUT2D eigenvalue weighted by atomic mass is 16.5. The van der Waals surface area contributed by atoms with Crippen molar-refractivity contribution < 1.29 is 19.4 Å². The summed E-state index contributed by atoms with van der Waals surface area (Å²) in [5, 5.41) is 9.86. The van der Waals surface area contributed by atoms with Crippen LogP contribution in [0.5, 0.6) is 0 Å². The summed E-state index contributed by atoms with van der Waals surface area (Å²) in [5.74, 6) is -1.33. The summed E-state index contributed by atoms with van der Waals surface area (Å²) in [6.45, 7) is 3.65. The minimum atomic E-state index is -0.987. The minimum Gasteiger partial charge on any atom is -0.478 e. The molecule has 0 saturated carbocycles. The molecule has 0 amide bonds. The molecule has 0 fully saturated rings. The summed E-state index contributed by atoms with van der Waals surface area (Å²) < 4.78 is 6.76. The van der Waals surface area contributed by atoms with Gasteiger partial charge in [0, 0.05) is 11.7 Å². The smallest absolute Gasteiger partial charge is 0.335 e. The van der Waals surface area contributed by atoms with E-state index in [1.807, 2.05) is 6.07 Å². The third kappa shape index (κ3) is 2.93. The maximum atomic E-state index is 11.6. The molecule has 1 heterocycles. The summed E-state index contributed by atoms with van der Waals surface area (Å²) in [6, 6.07) is 6.66. The number of ether oxygens (including phenoxy) is 1. The molecule has 1 N–H and O–H groups in total. The molecule has 0 radical (unpaired) electrons. The lowest BCUT2D eigenvalue weighted by atomic mass is 10.2. The molecular weight excluding hydrogens is 246 g/mol. The van der Waals surface area contributed by atoms with E-state index in [2.05, 4.69) is 0 Å². The summed E-state index contributed by atoms with van der Waals surface area (Å²) in [4.78, 5) is 22.6. The Hall–Kier alpha value is -2.30. The van der Waals surface area contributed by atoms with Gasteiger partial charge in [-0.25, -0.2) is 4.79 Å². The van der Waals surface area contributed by atoms with Gasteiger partial charge in [-0.3, -0.25) is 4.79 Å². The Balaban J connectivity index is 2.30. The lowest BCUT2D eigenvalue weighted by Gasteiger charge is -2.09. The second kappa shape index (κ2) is 5.14.